The Hall–Kier alpha value is -2.85. The Kier molecular flexibility index (Phi) is 7.04. The van der Waals surface area contributed by atoms with Gasteiger partial charge in [-0.1, -0.05) is 6.42 Å². The zero-order valence-corrected chi connectivity index (χ0v) is 20.3. The average molecular weight is 472 g/mol. The van der Waals surface area contributed by atoms with Crippen LogP contribution in [-0.4, -0.2) is 63.6 Å². The van der Waals surface area contributed by atoms with Crippen molar-refractivity contribution >= 4 is 22.8 Å². The van der Waals surface area contributed by atoms with Crippen LogP contribution in [0.15, 0.2) is 32.8 Å². The van der Waals surface area contributed by atoms with Crippen LogP contribution in [0.1, 0.15) is 19.3 Å². The van der Waals surface area contributed by atoms with Crippen molar-refractivity contribution < 1.29 is 9.47 Å². The van der Waals surface area contributed by atoms with E-state index >= 15 is 0 Å². The molecule has 10 heteroatoms. The van der Waals surface area contributed by atoms with E-state index in [1.165, 1.54) is 42.6 Å². The molecule has 0 amide bonds. The lowest BCUT2D eigenvalue weighted by atomic mass is 10.1. The van der Waals surface area contributed by atoms with Crippen molar-refractivity contribution in [2.45, 2.75) is 24.3 Å². The topological polar surface area (TPSA) is 91.5 Å². The van der Waals surface area contributed by atoms with E-state index in [4.69, 9.17) is 14.5 Å². The molecule has 9 nitrogen and oxygen atoms in total. The van der Waals surface area contributed by atoms with Crippen molar-refractivity contribution in [3.05, 3.63) is 39.0 Å². The Morgan fingerprint density at radius 2 is 1.70 bits per heavy atom. The molecule has 33 heavy (non-hydrogen) atoms. The van der Waals surface area contributed by atoms with E-state index < -0.39 is 5.69 Å². The summed E-state index contributed by atoms with van der Waals surface area (Å²) in [6.45, 7) is 3.14. The molecule has 0 bridgehead atoms. The van der Waals surface area contributed by atoms with Crippen LogP contribution in [0.4, 0.5) is 0 Å². The molecule has 0 unspecified atom stereocenters. The summed E-state index contributed by atoms with van der Waals surface area (Å²) in [4.78, 5) is 37.4. The maximum atomic E-state index is 13.0. The van der Waals surface area contributed by atoms with Gasteiger partial charge in [-0.15, -0.1) is 11.8 Å². The molecule has 2 aromatic heterocycles. The molecule has 4 rings (SSSR count). The summed E-state index contributed by atoms with van der Waals surface area (Å²) in [5, 5.41) is 0.950. The first-order valence-corrected chi connectivity index (χ1v) is 12.0. The van der Waals surface area contributed by atoms with Gasteiger partial charge in [-0.3, -0.25) is 13.9 Å². The minimum absolute atomic E-state index is 0.323. The number of ether oxygens (including phenoxy) is 2. The molecule has 3 heterocycles. The second kappa shape index (κ2) is 9.96. The van der Waals surface area contributed by atoms with Crippen LogP contribution in [0.25, 0.3) is 22.4 Å². The van der Waals surface area contributed by atoms with E-state index in [-0.39, 0.29) is 5.56 Å². The van der Waals surface area contributed by atoms with E-state index in [1.54, 1.807) is 33.4 Å². The minimum atomic E-state index is -0.422. The van der Waals surface area contributed by atoms with Gasteiger partial charge in [0, 0.05) is 32.0 Å². The molecule has 0 radical (unpaired) electrons. The number of benzene rings is 1. The molecule has 0 aliphatic carbocycles. The van der Waals surface area contributed by atoms with E-state index in [0.29, 0.717) is 38.9 Å². The highest BCUT2D eigenvalue weighted by atomic mass is 32.2. The van der Waals surface area contributed by atoms with Gasteiger partial charge in [0.1, 0.15) is 10.4 Å². The fraction of sp³-hybridized carbons (Fsp3) is 0.478. The first-order valence-electron chi connectivity index (χ1n) is 11.0. The molecule has 1 saturated heterocycles. The quantitative estimate of drug-likeness (QED) is 0.383. The van der Waals surface area contributed by atoms with Gasteiger partial charge in [0.05, 0.1) is 14.2 Å². The number of fused-ring (bicyclic) bond motifs is 1. The molecule has 1 fully saturated rings. The molecule has 1 aromatic carbocycles. The van der Waals surface area contributed by atoms with Gasteiger partial charge in [-0.05, 0) is 44.1 Å². The summed E-state index contributed by atoms with van der Waals surface area (Å²) in [6, 6.07) is 5.42. The van der Waals surface area contributed by atoms with Crippen LogP contribution in [0, 0.1) is 0 Å². The molecule has 0 atom stereocenters. The molecule has 0 saturated carbocycles. The number of aryl methyl sites for hydroxylation is 1. The van der Waals surface area contributed by atoms with Gasteiger partial charge in [-0.2, -0.15) is 0 Å². The maximum absolute atomic E-state index is 13.0. The van der Waals surface area contributed by atoms with E-state index in [2.05, 4.69) is 9.88 Å². The third-order valence-corrected chi connectivity index (χ3v) is 6.96. The van der Waals surface area contributed by atoms with Gasteiger partial charge in [0.15, 0.2) is 23.0 Å². The Balaban J connectivity index is 1.80. The smallest absolute Gasteiger partial charge is 0.332 e. The number of aromatic nitrogens is 4. The SMILES string of the molecule is COc1ccc(-c2nc(SCCN3CCCCC3)c3c(=O)n(C)c(=O)n(C)c3n2)cc1OC. The summed E-state index contributed by atoms with van der Waals surface area (Å²) >= 11 is 1.53. The number of thioether (sulfide) groups is 1. The fourth-order valence-corrected chi connectivity index (χ4v) is 5.11. The average Bonchev–Trinajstić information content (AvgIpc) is 2.85. The molecule has 0 N–H and O–H groups in total. The zero-order valence-electron chi connectivity index (χ0n) is 19.5. The summed E-state index contributed by atoms with van der Waals surface area (Å²) in [7, 11) is 6.25. The lowest BCUT2D eigenvalue weighted by molar-refractivity contribution is 0.242. The lowest BCUT2D eigenvalue weighted by Gasteiger charge is -2.26. The van der Waals surface area contributed by atoms with Crippen molar-refractivity contribution in [1.29, 1.82) is 0 Å². The van der Waals surface area contributed by atoms with Crippen molar-refractivity contribution in [3.8, 4) is 22.9 Å². The predicted molar refractivity (Wildman–Crippen MR) is 130 cm³/mol. The molecular formula is C23H29N5O4S. The minimum Gasteiger partial charge on any atom is -0.493 e. The van der Waals surface area contributed by atoms with Crippen LogP contribution in [0.5, 0.6) is 11.5 Å². The lowest BCUT2D eigenvalue weighted by Crippen LogP contribution is -2.37. The van der Waals surface area contributed by atoms with Crippen molar-refractivity contribution in [3.63, 3.8) is 0 Å². The third kappa shape index (κ3) is 4.63. The number of hydrogen-bond donors (Lipinski definition) is 0. The number of rotatable bonds is 7. The number of methoxy groups -OCH3 is 2. The Labute approximate surface area is 196 Å². The van der Waals surface area contributed by atoms with E-state index in [9.17, 15) is 9.59 Å². The second-order valence-corrected chi connectivity index (χ2v) is 9.16. The Morgan fingerprint density at radius 1 is 0.970 bits per heavy atom. The highest BCUT2D eigenvalue weighted by molar-refractivity contribution is 7.99. The maximum Gasteiger partial charge on any atom is 0.332 e. The standard InChI is InChI=1S/C23H29N5O4S/c1-26-20-18(22(29)27(2)23(26)30)21(33-13-12-28-10-6-5-7-11-28)25-19(24-20)15-8-9-16(31-3)17(14-15)32-4/h8-9,14H,5-7,10-13H2,1-4H3. The molecule has 1 aliphatic rings. The summed E-state index contributed by atoms with van der Waals surface area (Å²) in [6.07, 6.45) is 3.75. The van der Waals surface area contributed by atoms with Gasteiger partial charge < -0.3 is 14.4 Å². The van der Waals surface area contributed by atoms with Crippen molar-refractivity contribution in [2.24, 2.45) is 14.1 Å². The Morgan fingerprint density at radius 3 is 2.39 bits per heavy atom. The van der Waals surface area contributed by atoms with Gasteiger partial charge in [0.2, 0.25) is 0 Å². The second-order valence-electron chi connectivity index (χ2n) is 8.08. The number of piperidine rings is 1. The summed E-state index contributed by atoms with van der Waals surface area (Å²) in [5.74, 6) is 2.37. The molecule has 176 valence electrons. The highest BCUT2D eigenvalue weighted by Gasteiger charge is 2.19. The molecular weight excluding hydrogens is 442 g/mol. The first kappa shape index (κ1) is 23.3. The third-order valence-electron chi connectivity index (χ3n) is 6.00. The Bertz CT molecular complexity index is 1280. The predicted octanol–water partition coefficient (Wildman–Crippen LogP) is 2.29. The van der Waals surface area contributed by atoms with Crippen LogP contribution in [-0.2, 0) is 14.1 Å². The van der Waals surface area contributed by atoms with E-state index in [0.717, 1.165) is 30.0 Å². The number of likely N-dealkylation sites (tertiary alicyclic amines) is 1. The normalized spacial score (nSPS) is 14.5. The largest absolute Gasteiger partial charge is 0.493 e. The summed E-state index contributed by atoms with van der Waals surface area (Å²) < 4.78 is 13.3. The van der Waals surface area contributed by atoms with Gasteiger partial charge in [-0.25, -0.2) is 14.8 Å². The van der Waals surface area contributed by atoms with Crippen molar-refractivity contribution in [1.82, 2.24) is 24.0 Å². The highest BCUT2D eigenvalue weighted by Crippen LogP contribution is 2.33. The van der Waals surface area contributed by atoms with Gasteiger partial charge >= 0.3 is 5.69 Å². The van der Waals surface area contributed by atoms with Crippen LogP contribution >= 0.6 is 11.8 Å². The fourth-order valence-electron chi connectivity index (χ4n) is 4.09. The zero-order chi connectivity index (χ0) is 23.5. The number of hydrogen-bond acceptors (Lipinski definition) is 8. The number of nitrogens with zero attached hydrogens (tertiary/aromatic N) is 5. The van der Waals surface area contributed by atoms with Crippen LogP contribution in [0.2, 0.25) is 0 Å². The van der Waals surface area contributed by atoms with Crippen LogP contribution in [0.3, 0.4) is 0 Å². The molecule has 1 aliphatic heterocycles. The van der Waals surface area contributed by atoms with Gasteiger partial charge in [0.25, 0.3) is 5.56 Å². The van der Waals surface area contributed by atoms with E-state index in [1.807, 2.05) is 6.07 Å². The summed E-state index contributed by atoms with van der Waals surface area (Å²) in [5.41, 5.74) is 0.227. The first-order chi connectivity index (χ1) is 15.9. The molecule has 3 aromatic rings. The van der Waals surface area contributed by atoms with Crippen molar-refractivity contribution in [2.75, 3.05) is 39.6 Å². The van der Waals surface area contributed by atoms with Crippen LogP contribution < -0.4 is 20.7 Å². The molecule has 0 spiro atoms. The monoisotopic (exact) mass is 471 g/mol.